The molecule has 0 bridgehead atoms. The van der Waals surface area contributed by atoms with Crippen LogP contribution in [-0.2, 0) is 14.6 Å². The smallest absolute Gasteiger partial charge is 0.303 e. The fraction of sp³-hybridized carbons (Fsp3) is 0.900. The Labute approximate surface area is 95.2 Å². The highest BCUT2D eigenvalue weighted by molar-refractivity contribution is 5.66. The van der Waals surface area contributed by atoms with Gasteiger partial charge in [-0.05, 0) is 32.5 Å². The normalized spacial score (nSPS) is 19.8. The zero-order valence-electron chi connectivity index (χ0n) is 9.43. The van der Waals surface area contributed by atoms with Crippen molar-refractivity contribution >= 4 is 5.97 Å². The van der Waals surface area contributed by atoms with Crippen LogP contribution in [0, 0.1) is 0 Å². The molecule has 6 nitrogen and oxygen atoms in total. The number of nitrogens with zero attached hydrogens (tertiary/aromatic N) is 1. The van der Waals surface area contributed by atoms with Crippen LogP contribution in [0.1, 0.15) is 19.3 Å². The van der Waals surface area contributed by atoms with Crippen molar-refractivity contribution in [3.8, 4) is 0 Å². The summed E-state index contributed by atoms with van der Waals surface area (Å²) in [5, 5.41) is 8.56. The van der Waals surface area contributed by atoms with Gasteiger partial charge >= 0.3 is 5.97 Å². The molecule has 6 heteroatoms. The van der Waals surface area contributed by atoms with Crippen LogP contribution in [0.2, 0.25) is 0 Å². The maximum absolute atomic E-state index is 10.4. The molecule has 1 heterocycles. The summed E-state index contributed by atoms with van der Waals surface area (Å²) in [7, 11) is 0. The lowest BCUT2D eigenvalue weighted by molar-refractivity contribution is -0.425. The Morgan fingerprint density at radius 2 is 2.12 bits per heavy atom. The van der Waals surface area contributed by atoms with Crippen molar-refractivity contribution in [1.82, 2.24) is 4.90 Å². The number of nitrogens with two attached hydrogens (primary N) is 1. The second kappa shape index (κ2) is 7.56. The molecule has 1 atom stereocenters. The minimum atomic E-state index is -0.748. The minimum Gasteiger partial charge on any atom is -0.481 e. The summed E-state index contributed by atoms with van der Waals surface area (Å²) in [6.45, 7) is 3.72. The molecule has 0 spiro atoms. The summed E-state index contributed by atoms with van der Waals surface area (Å²) in [4.78, 5) is 22.1. The number of carbonyl (C=O) groups is 1. The van der Waals surface area contributed by atoms with Gasteiger partial charge in [-0.15, -0.1) is 0 Å². The van der Waals surface area contributed by atoms with E-state index in [1.807, 2.05) is 0 Å². The average Bonchev–Trinajstić information content (AvgIpc) is 2.18. The van der Waals surface area contributed by atoms with Crippen LogP contribution < -0.4 is 5.73 Å². The molecule has 3 N–H and O–H groups in total. The van der Waals surface area contributed by atoms with E-state index in [1.165, 1.54) is 0 Å². The Hall–Kier alpha value is -0.690. The van der Waals surface area contributed by atoms with E-state index in [0.29, 0.717) is 19.6 Å². The average molecular weight is 232 g/mol. The third-order valence-corrected chi connectivity index (χ3v) is 2.46. The largest absolute Gasteiger partial charge is 0.481 e. The van der Waals surface area contributed by atoms with Gasteiger partial charge in [-0.2, -0.15) is 0 Å². The van der Waals surface area contributed by atoms with Crippen molar-refractivity contribution in [2.45, 2.75) is 25.4 Å². The first-order valence-corrected chi connectivity index (χ1v) is 5.65. The molecule has 0 saturated carbocycles. The van der Waals surface area contributed by atoms with Gasteiger partial charge in [-0.25, -0.2) is 9.78 Å². The van der Waals surface area contributed by atoms with Gasteiger partial charge in [-0.3, -0.25) is 4.79 Å². The summed E-state index contributed by atoms with van der Waals surface area (Å²) in [6, 6.07) is 0. The van der Waals surface area contributed by atoms with Crippen molar-refractivity contribution in [2.75, 3.05) is 32.8 Å². The summed E-state index contributed by atoms with van der Waals surface area (Å²) in [5.41, 5.74) is 5.45. The molecule has 1 aliphatic rings. The Kier molecular flexibility index (Phi) is 6.32. The molecule has 0 aromatic rings. The van der Waals surface area contributed by atoms with Gasteiger partial charge in [0.1, 0.15) is 12.7 Å². The second-order valence-electron chi connectivity index (χ2n) is 3.94. The molecule has 1 unspecified atom stereocenters. The lowest BCUT2D eigenvalue weighted by Gasteiger charge is -2.31. The number of hydrogen-bond acceptors (Lipinski definition) is 5. The molecule has 1 aliphatic heterocycles. The second-order valence-corrected chi connectivity index (χ2v) is 3.94. The highest BCUT2D eigenvalue weighted by Gasteiger charge is 2.23. The monoisotopic (exact) mass is 232 g/mol. The zero-order chi connectivity index (χ0) is 11.8. The van der Waals surface area contributed by atoms with E-state index in [-0.39, 0.29) is 12.5 Å². The first kappa shape index (κ1) is 13.4. The fourth-order valence-electron chi connectivity index (χ4n) is 1.60. The molecule has 94 valence electrons. The zero-order valence-corrected chi connectivity index (χ0v) is 9.43. The van der Waals surface area contributed by atoms with Crippen LogP contribution in [-0.4, -0.2) is 54.9 Å². The Morgan fingerprint density at radius 3 is 2.62 bits per heavy atom. The third kappa shape index (κ3) is 5.41. The van der Waals surface area contributed by atoms with Crippen molar-refractivity contribution in [1.29, 1.82) is 0 Å². The van der Waals surface area contributed by atoms with Gasteiger partial charge in [0, 0.05) is 13.0 Å². The van der Waals surface area contributed by atoms with Gasteiger partial charge in [0.05, 0.1) is 0 Å². The first-order valence-electron chi connectivity index (χ1n) is 5.65. The molecule has 0 aromatic heterocycles. The van der Waals surface area contributed by atoms with Crippen molar-refractivity contribution < 1.29 is 19.7 Å². The molecule has 1 rings (SSSR count). The fourth-order valence-corrected chi connectivity index (χ4v) is 1.60. The molecule has 1 saturated heterocycles. The SMILES string of the molecule is NCCCN(CCCC(=O)O)CC1COO1. The van der Waals surface area contributed by atoms with Gasteiger partial charge in [0.25, 0.3) is 0 Å². The van der Waals surface area contributed by atoms with E-state index in [2.05, 4.69) is 9.79 Å². The Bertz CT molecular complexity index is 209. The molecule has 0 radical (unpaired) electrons. The van der Waals surface area contributed by atoms with Crippen molar-refractivity contribution in [3.63, 3.8) is 0 Å². The van der Waals surface area contributed by atoms with E-state index in [9.17, 15) is 4.79 Å². The van der Waals surface area contributed by atoms with Crippen LogP contribution >= 0.6 is 0 Å². The summed E-state index contributed by atoms with van der Waals surface area (Å²) < 4.78 is 0. The van der Waals surface area contributed by atoms with Gasteiger partial charge in [0.2, 0.25) is 0 Å². The van der Waals surface area contributed by atoms with Gasteiger partial charge in [-0.1, -0.05) is 0 Å². The lowest BCUT2D eigenvalue weighted by atomic mass is 10.2. The molecule has 0 amide bonds. The summed E-state index contributed by atoms with van der Waals surface area (Å²) in [6.07, 6.45) is 1.91. The topological polar surface area (TPSA) is 85.0 Å². The third-order valence-electron chi connectivity index (χ3n) is 2.46. The van der Waals surface area contributed by atoms with Crippen LogP contribution in [0.15, 0.2) is 0 Å². The lowest BCUT2D eigenvalue weighted by Crippen LogP contribution is -2.43. The van der Waals surface area contributed by atoms with Gasteiger partial charge in [0.15, 0.2) is 0 Å². The van der Waals surface area contributed by atoms with E-state index >= 15 is 0 Å². The van der Waals surface area contributed by atoms with Crippen LogP contribution in [0.4, 0.5) is 0 Å². The van der Waals surface area contributed by atoms with Crippen LogP contribution in [0.5, 0.6) is 0 Å². The summed E-state index contributed by atoms with van der Waals surface area (Å²) in [5.74, 6) is -0.748. The van der Waals surface area contributed by atoms with Gasteiger partial charge < -0.3 is 15.7 Å². The highest BCUT2D eigenvalue weighted by Crippen LogP contribution is 2.09. The first-order chi connectivity index (χ1) is 7.72. The predicted molar refractivity (Wildman–Crippen MR) is 57.8 cm³/mol. The van der Waals surface area contributed by atoms with E-state index in [4.69, 9.17) is 15.7 Å². The maximum Gasteiger partial charge on any atom is 0.303 e. The molecule has 0 aromatic carbocycles. The predicted octanol–water partition coefficient (Wildman–Crippen LogP) is -0.168. The maximum atomic E-state index is 10.4. The molecular formula is C10H20N2O4. The number of carboxylic acid groups (broad SMARTS) is 1. The van der Waals surface area contributed by atoms with E-state index in [1.54, 1.807) is 0 Å². The van der Waals surface area contributed by atoms with Crippen molar-refractivity contribution in [2.24, 2.45) is 5.73 Å². The standard InChI is InChI=1S/C10H20N2O4/c11-4-2-6-12(5-1-3-10(13)14)7-9-8-15-16-9/h9H,1-8,11H2,(H,13,14). The number of rotatable bonds is 9. The van der Waals surface area contributed by atoms with Crippen molar-refractivity contribution in [3.05, 3.63) is 0 Å². The number of carboxylic acids is 1. The Balaban J connectivity index is 2.16. The minimum absolute atomic E-state index is 0.127. The van der Waals surface area contributed by atoms with Crippen LogP contribution in [0.3, 0.4) is 0 Å². The molecular weight excluding hydrogens is 212 g/mol. The number of aliphatic carboxylic acids is 1. The molecule has 0 aliphatic carbocycles. The van der Waals surface area contributed by atoms with Crippen LogP contribution in [0.25, 0.3) is 0 Å². The Morgan fingerprint density at radius 1 is 1.44 bits per heavy atom. The highest BCUT2D eigenvalue weighted by atomic mass is 17.2. The number of hydrogen-bond donors (Lipinski definition) is 2. The molecule has 16 heavy (non-hydrogen) atoms. The van der Waals surface area contributed by atoms with E-state index < -0.39 is 5.97 Å². The summed E-state index contributed by atoms with van der Waals surface area (Å²) >= 11 is 0. The molecule has 1 fully saturated rings. The van der Waals surface area contributed by atoms with E-state index in [0.717, 1.165) is 26.1 Å². The quantitative estimate of drug-likeness (QED) is 0.537.